The van der Waals surface area contributed by atoms with Crippen LogP contribution in [-0.4, -0.2) is 30.7 Å². The Kier molecular flexibility index (Phi) is 4.37. The lowest BCUT2D eigenvalue weighted by molar-refractivity contribution is 0.0586. The van der Waals surface area contributed by atoms with Crippen molar-refractivity contribution >= 4 is 17.6 Å². The van der Waals surface area contributed by atoms with E-state index in [2.05, 4.69) is 4.74 Å². The van der Waals surface area contributed by atoms with Gasteiger partial charge in [0.2, 0.25) is 0 Å². The zero-order valence-electron chi connectivity index (χ0n) is 12.9. The summed E-state index contributed by atoms with van der Waals surface area (Å²) in [6.45, 7) is 1.77. The molecule has 0 saturated carbocycles. The summed E-state index contributed by atoms with van der Waals surface area (Å²) in [7, 11) is 2.53. The largest absolute Gasteiger partial charge is 0.465 e. The Balaban J connectivity index is 2.65. The Morgan fingerprint density at radius 3 is 2.39 bits per heavy atom. The summed E-state index contributed by atoms with van der Waals surface area (Å²) >= 11 is 0. The highest BCUT2D eigenvalue weighted by Gasteiger charge is 2.22. The highest BCUT2D eigenvalue weighted by atomic mass is 16.5. The number of benzene rings is 1. The van der Waals surface area contributed by atoms with Crippen LogP contribution < -0.4 is 5.73 Å². The van der Waals surface area contributed by atoms with E-state index >= 15 is 0 Å². The van der Waals surface area contributed by atoms with Gasteiger partial charge in [-0.3, -0.25) is 0 Å². The van der Waals surface area contributed by atoms with E-state index in [0.29, 0.717) is 16.8 Å². The minimum atomic E-state index is -0.652. The van der Waals surface area contributed by atoms with Crippen LogP contribution in [0.1, 0.15) is 32.0 Å². The first-order chi connectivity index (χ1) is 10.9. The van der Waals surface area contributed by atoms with Gasteiger partial charge in [0.05, 0.1) is 31.0 Å². The molecule has 1 heterocycles. The summed E-state index contributed by atoms with van der Waals surface area (Å²) in [6, 6.07) is 6.78. The van der Waals surface area contributed by atoms with Crippen molar-refractivity contribution in [3.8, 4) is 11.8 Å². The van der Waals surface area contributed by atoms with Crippen LogP contribution >= 0.6 is 0 Å². The first kappa shape index (κ1) is 16.1. The van der Waals surface area contributed by atoms with Gasteiger partial charge >= 0.3 is 11.9 Å². The molecule has 1 aromatic carbocycles. The first-order valence-corrected chi connectivity index (χ1v) is 6.63. The second-order valence-corrected chi connectivity index (χ2v) is 4.77. The molecule has 0 bridgehead atoms. The number of nitrogens with two attached hydrogens (primary N) is 1. The standard InChI is InChI=1S/C16H15N3O4/c1-9-6-10(15(20)22-2)4-5-12(9)19-8-11(7-17)13(18)14(19)16(21)23-3/h4-6,8H,18H2,1-3H3. The number of ether oxygens (including phenoxy) is 2. The highest BCUT2D eigenvalue weighted by Crippen LogP contribution is 2.26. The van der Waals surface area contributed by atoms with Crippen LogP contribution in [0.3, 0.4) is 0 Å². The smallest absolute Gasteiger partial charge is 0.357 e. The van der Waals surface area contributed by atoms with Gasteiger partial charge in [0.15, 0.2) is 5.69 Å². The second-order valence-electron chi connectivity index (χ2n) is 4.77. The molecule has 0 aliphatic carbocycles. The van der Waals surface area contributed by atoms with Crippen LogP contribution in [0.4, 0.5) is 5.69 Å². The third-order valence-electron chi connectivity index (χ3n) is 3.42. The average Bonchev–Trinajstić information content (AvgIpc) is 2.89. The van der Waals surface area contributed by atoms with Crippen molar-refractivity contribution < 1.29 is 19.1 Å². The maximum Gasteiger partial charge on any atom is 0.357 e. The van der Waals surface area contributed by atoms with Gasteiger partial charge in [0.25, 0.3) is 0 Å². The van der Waals surface area contributed by atoms with E-state index in [4.69, 9.17) is 15.7 Å². The van der Waals surface area contributed by atoms with Crippen molar-refractivity contribution in [3.05, 3.63) is 46.8 Å². The molecule has 118 valence electrons. The van der Waals surface area contributed by atoms with Crippen LogP contribution in [-0.2, 0) is 9.47 Å². The zero-order valence-corrected chi connectivity index (χ0v) is 12.9. The number of anilines is 1. The molecule has 0 unspecified atom stereocenters. The minimum Gasteiger partial charge on any atom is -0.465 e. The maximum atomic E-state index is 12.0. The third kappa shape index (κ3) is 2.74. The van der Waals surface area contributed by atoms with Crippen molar-refractivity contribution in [1.29, 1.82) is 5.26 Å². The minimum absolute atomic E-state index is 0.0517. The van der Waals surface area contributed by atoms with Gasteiger partial charge in [-0.1, -0.05) is 0 Å². The van der Waals surface area contributed by atoms with Crippen molar-refractivity contribution in [2.75, 3.05) is 20.0 Å². The number of aryl methyl sites for hydroxylation is 1. The van der Waals surface area contributed by atoms with Gasteiger partial charge < -0.3 is 19.8 Å². The number of aromatic nitrogens is 1. The summed E-state index contributed by atoms with van der Waals surface area (Å²) in [6.07, 6.45) is 1.46. The number of carbonyl (C=O) groups is 2. The fourth-order valence-corrected chi connectivity index (χ4v) is 2.28. The summed E-state index contributed by atoms with van der Waals surface area (Å²) < 4.78 is 10.9. The van der Waals surface area contributed by atoms with Crippen molar-refractivity contribution in [3.63, 3.8) is 0 Å². The molecule has 0 spiro atoms. The number of rotatable bonds is 3. The Hall–Kier alpha value is -3.27. The molecule has 2 aromatic rings. The lowest BCUT2D eigenvalue weighted by Gasteiger charge is -2.12. The van der Waals surface area contributed by atoms with Gasteiger partial charge in [-0.2, -0.15) is 5.26 Å². The van der Waals surface area contributed by atoms with E-state index < -0.39 is 11.9 Å². The molecule has 0 aliphatic rings. The van der Waals surface area contributed by atoms with Crippen molar-refractivity contribution in [1.82, 2.24) is 4.57 Å². The molecule has 0 aliphatic heterocycles. The number of carbonyl (C=O) groups excluding carboxylic acids is 2. The predicted molar refractivity (Wildman–Crippen MR) is 82.3 cm³/mol. The zero-order chi connectivity index (χ0) is 17.1. The quantitative estimate of drug-likeness (QED) is 0.866. The molecule has 2 rings (SSSR count). The molecular weight excluding hydrogens is 298 g/mol. The summed E-state index contributed by atoms with van der Waals surface area (Å²) in [5.74, 6) is -1.11. The van der Waals surface area contributed by atoms with E-state index in [-0.39, 0.29) is 16.9 Å². The van der Waals surface area contributed by atoms with Gasteiger partial charge in [0, 0.05) is 11.9 Å². The second kappa shape index (κ2) is 6.23. The highest BCUT2D eigenvalue weighted by molar-refractivity contribution is 5.96. The predicted octanol–water partition coefficient (Wildman–Crippen LogP) is 1.81. The SMILES string of the molecule is COC(=O)c1ccc(-n2cc(C#N)c(N)c2C(=O)OC)c(C)c1. The summed E-state index contributed by atoms with van der Waals surface area (Å²) in [5.41, 5.74) is 7.84. The van der Waals surface area contributed by atoms with Crippen LogP contribution in [0.2, 0.25) is 0 Å². The van der Waals surface area contributed by atoms with Crippen molar-refractivity contribution in [2.24, 2.45) is 0 Å². The first-order valence-electron chi connectivity index (χ1n) is 6.63. The van der Waals surface area contributed by atoms with Crippen molar-refractivity contribution in [2.45, 2.75) is 6.92 Å². The van der Waals surface area contributed by atoms with Gasteiger partial charge in [-0.15, -0.1) is 0 Å². The molecule has 0 atom stereocenters. The number of esters is 2. The Morgan fingerprint density at radius 2 is 1.87 bits per heavy atom. The number of hydrogen-bond donors (Lipinski definition) is 1. The number of methoxy groups -OCH3 is 2. The lowest BCUT2D eigenvalue weighted by atomic mass is 10.1. The molecule has 0 saturated heterocycles. The maximum absolute atomic E-state index is 12.0. The lowest BCUT2D eigenvalue weighted by Crippen LogP contribution is -2.12. The Bertz CT molecular complexity index is 831. The molecule has 1 aromatic heterocycles. The molecule has 7 heteroatoms. The van der Waals surface area contributed by atoms with Gasteiger partial charge in [-0.25, -0.2) is 9.59 Å². The summed E-state index contributed by atoms with van der Waals surface area (Å²) in [4.78, 5) is 23.6. The Morgan fingerprint density at radius 1 is 1.22 bits per heavy atom. The molecule has 23 heavy (non-hydrogen) atoms. The van der Waals surface area contributed by atoms with E-state index in [9.17, 15) is 9.59 Å². The average molecular weight is 313 g/mol. The Labute approximate surface area is 132 Å². The van der Waals surface area contributed by atoms with Gasteiger partial charge in [-0.05, 0) is 30.7 Å². The van der Waals surface area contributed by atoms with Crippen LogP contribution in [0, 0.1) is 18.3 Å². The normalized spacial score (nSPS) is 10.0. The summed E-state index contributed by atoms with van der Waals surface area (Å²) in [5, 5.41) is 9.12. The fourth-order valence-electron chi connectivity index (χ4n) is 2.28. The molecule has 0 amide bonds. The number of nitrogens with zero attached hydrogens (tertiary/aromatic N) is 2. The number of hydrogen-bond acceptors (Lipinski definition) is 6. The van der Waals surface area contributed by atoms with Crippen LogP contribution in [0.15, 0.2) is 24.4 Å². The van der Waals surface area contributed by atoms with Crippen LogP contribution in [0.5, 0.6) is 0 Å². The molecular formula is C16H15N3O4. The molecule has 7 nitrogen and oxygen atoms in total. The van der Waals surface area contributed by atoms with E-state index in [0.717, 1.165) is 0 Å². The fraction of sp³-hybridized carbons (Fsp3) is 0.188. The van der Waals surface area contributed by atoms with E-state index in [1.54, 1.807) is 25.1 Å². The van der Waals surface area contributed by atoms with E-state index in [1.165, 1.54) is 25.0 Å². The molecule has 0 radical (unpaired) electrons. The number of nitriles is 1. The molecule has 2 N–H and O–H groups in total. The van der Waals surface area contributed by atoms with E-state index in [1.807, 2.05) is 6.07 Å². The van der Waals surface area contributed by atoms with Gasteiger partial charge in [0.1, 0.15) is 6.07 Å². The third-order valence-corrected chi connectivity index (χ3v) is 3.42. The van der Waals surface area contributed by atoms with Crippen LogP contribution in [0.25, 0.3) is 5.69 Å². The monoisotopic (exact) mass is 313 g/mol. The molecule has 0 fully saturated rings. The topological polar surface area (TPSA) is 107 Å². The number of nitrogen functional groups attached to an aromatic ring is 1.